The van der Waals surface area contributed by atoms with Crippen LogP contribution in [0.3, 0.4) is 0 Å². The standard InChI is InChI=1S/C18H19NO/c19-17-12-14(16-8-4-5-9-18(16)20)10-11-15(17)13-6-2-1-3-7-13/h1-3,6-7,10-12,16H,4-5,8-9,19H2. The maximum Gasteiger partial charge on any atom is 0.140 e. The molecule has 0 amide bonds. The summed E-state index contributed by atoms with van der Waals surface area (Å²) in [5.74, 6) is 0.416. The first-order chi connectivity index (χ1) is 9.75. The van der Waals surface area contributed by atoms with E-state index >= 15 is 0 Å². The zero-order valence-electron chi connectivity index (χ0n) is 11.5. The molecule has 2 nitrogen and oxygen atoms in total. The molecule has 1 saturated carbocycles. The highest BCUT2D eigenvalue weighted by Gasteiger charge is 2.24. The van der Waals surface area contributed by atoms with E-state index in [4.69, 9.17) is 5.73 Å². The van der Waals surface area contributed by atoms with Gasteiger partial charge in [-0.2, -0.15) is 0 Å². The van der Waals surface area contributed by atoms with Crippen LogP contribution in [0, 0.1) is 0 Å². The number of carbonyl (C=O) groups is 1. The Bertz CT molecular complexity index is 619. The monoisotopic (exact) mass is 265 g/mol. The zero-order chi connectivity index (χ0) is 13.9. The van der Waals surface area contributed by atoms with Gasteiger partial charge < -0.3 is 5.73 Å². The van der Waals surface area contributed by atoms with Crippen LogP contribution in [-0.4, -0.2) is 5.78 Å². The molecule has 3 rings (SSSR count). The third kappa shape index (κ3) is 2.46. The summed E-state index contributed by atoms with van der Waals surface area (Å²) in [6.07, 6.45) is 3.84. The van der Waals surface area contributed by atoms with Crippen LogP contribution in [0.2, 0.25) is 0 Å². The quantitative estimate of drug-likeness (QED) is 0.828. The molecule has 0 radical (unpaired) electrons. The Labute approximate surface area is 119 Å². The Hall–Kier alpha value is -2.09. The van der Waals surface area contributed by atoms with Crippen molar-refractivity contribution in [3.63, 3.8) is 0 Å². The first kappa shape index (κ1) is 12.9. The van der Waals surface area contributed by atoms with Crippen LogP contribution in [0.25, 0.3) is 11.1 Å². The molecule has 1 unspecified atom stereocenters. The summed E-state index contributed by atoms with van der Waals surface area (Å²) in [5, 5.41) is 0. The summed E-state index contributed by atoms with van der Waals surface area (Å²) in [6.45, 7) is 0. The van der Waals surface area contributed by atoms with Crippen molar-refractivity contribution >= 4 is 11.5 Å². The van der Waals surface area contributed by atoms with Gasteiger partial charge in [0, 0.05) is 23.6 Å². The van der Waals surface area contributed by atoms with Crippen LogP contribution in [0.5, 0.6) is 0 Å². The second-order valence-electron chi connectivity index (χ2n) is 5.48. The van der Waals surface area contributed by atoms with Crippen LogP contribution >= 0.6 is 0 Å². The van der Waals surface area contributed by atoms with Crippen molar-refractivity contribution in [3.8, 4) is 11.1 Å². The van der Waals surface area contributed by atoms with Gasteiger partial charge in [-0.3, -0.25) is 4.79 Å². The molecule has 0 aliphatic heterocycles. The van der Waals surface area contributed by atoms with Gasteiger partial charge in [-0.25, -0.2) is 0 Å². The summed E-state index contributed by atoms with van der Waals surface area (Å²) < 4.78 is 0. The maximum atomic E-state index is 12.0. The summed E-state index contributed by atoms with van der Waals surface area (Å²) in [4.78, 5) is 12.0. The molecule has 0 spiro atoms. The van der Waals surface area contributed by atoms with Crippen LogP contribution in [0.4, 0.5) is 5.69 Å². The number of hydrogen-bond donors (Lipinski definition) is 1. The summed E-state index contributed by atoms with van der Waals surface area (Å²) in [5.41, 5.74) is 10.2. The number of Topliss-reactive ketones (excluding diaryl/α,β-unsaturated/α-hetero) is 1. The second-order valence-corrected chi connectivity index (χ2v) is 5.48. The molecule has 1 aliphatic carbocycles. The molecule has 0 heterocycles. The number of carbonyl (C=O) groups excluding carboxylic acids is 1. The van der Waals surface area contributed by atoms with Gasteiger partial charge in [-0.1, -0.05) is 48.9 Å². The highest BCUT2D eigenvalue weighted by molar-refractivity contribution is 5.87. The Morgan fingerprint density at radius 2 is 1.80 bits per heavy atom. The Morgan fingerprint density at radius 3 is 2.50 bits per heavy atom. The summed E-state index contributed by atoms with van der Waals surface area (Å²) >= 11 is 0. The van der Waals surface area contributed by atoms with E-state index in [1.165, 1.54) is 0 Å². The Kier molecular flexibility index (Phi) is 3.55. The minimum atomic E-state index is 0.0517. The lowest BCUT2D eigenvalue weighted by Crippen LogP contribution is -2.17. The fourth-order valence-corrected chi connectivity index (χ4v) is 3.01. The highest BCUT2D eigenvalue weighted by atomic mass is 16.1. The number of nitrogens with two attached hydrogens (primary N) is 1. The smallest absolute Gasteiger partial charge is 0.140 e. The first-order valence-electron chi connectivity index (χ1n) is 7.23. The van der Waals surface area contributed by atoms with Gasteiger partial charge in [0.25, 0.3) is 0 Å². The van der Waals surface area contributed by atoms with Crippen molar-refractivity contribution in [2.45, 2.75) is 31.6 Å². The van der Waals surface area contributed by atoms with Gasteiger partial charge in [0.15, 0.2) is 0 Å². The minimum absolute atomic E-state index is 0.0517. The Balaban J connectivity index is 1.93. The molecule has 1 aliphatic rings. The molecule has 102 valence electrons. The highest BCUT2D eigenvalue weighted by Crippen LogP contribution is 2.34. The van der Waals surface area contributed by atoms with Crippen molar-refractivity contribution in [3.05, 3.63) is 54.1 Å². The van der Waals surface area contributed by atoms with Gasteiger partial charge >= 0.3 is 0 Å². The van der Waals surface area contributed by atoms with Crippen molar-refractivity contribution in [2.75, 3.05) is 5.73 Å². The third-order valence-corrected chi connectivity index (χ3v) is 4.12. The van der Waals surface area contributed by atoms with Gasteiger partial charge in [-0.05, 0) is 30.0 Å². The topological polar surface area (TPSA) is 43.1 Å². The Morgan fingerprint density at radius 1 is 1.00 bits per heavy atom. The zero-order valence-corrected chi connectivity index (χ0v) is 11.5. The van der Waals surface area contributed by atoms with E-state index in [0.717, 1.165) is 41.6 Å². The van der Waals surface area contributed by atoms with Crippen LogP contribution < -0.4 is 5.73 Å². The first-order valence-corrected chi connectivity index (χ1v) is 7.23. The lowest BCUT2D eigenvalue weighted by molar-refractivity contribution is -0.121. The molecule has 2 aromatic rings. The normalized spacial score (nSPS) is 19.0. The van der Waals surface area contributed by atoms with E-state index < -0.39 is 0 Å². The number of benzene rings is 2. The average molecular weight is 265 g/mol. The van der Waals surface area contributed by atoms with Crippen LogP contribution in [0.15, 0.2) is 48.5 Å². The van der Waals surface area contributed by atoms with E-state index in [1.807, 2.05) is 30.3 Å². The van der Waals surface area contributed by atoms with E-state index in [-0.39, 0.29) is 5.92 Å². The fourth-order valence-electron chi connectivity index (χ4n) is 3.01. The molecule has 1 atom stereocenters. The maximum absolute atomic E-state index is 12.0. The molecule has 2 heteroatoms. The molecular weight excluding hydrogens is 246 g/mol. The van der Waals surface area contributed by atoms with E-state index in [0.29, 0.717) is 12.2 Å². The minimum Gasteiger partial charge on any atom is -0.398 e. The number of nitrogen functional groups attached to an aromatic ring is 1. The van der Waals surface area contributed by atoms with Crippen molar-refractivity contribution in [1.82, 2.24) is 0 Å². The SMILES string of the molecule is Nc1cc(C2CCCCC2=O)ccc1-c1ccccc1. The molecule has 20 heavy (non-hydrogen) atoms. The number of hydrogen-bond acceptors (Lipinski definition) is 2. The van der Waals surface area contributed by atoms with Crippen molar-refractivity contribution in [1.29, 1.82) is 0 Å². The lowest BCUT2D eigenvalue weighted by Gasteiger charge is -2.21. The van der Waals surface area contributed by atoms with Crippen LogP contribution in [0.1, 0.15) is 37.2 Å². The molecule has 2 N–H and O–H groups in total. The largest absolute Gasteiger partial charge is 0.398 e. The van der Waals surface area contributed by atoms with E-state index in [1.54, 1.807) is 0 Å². The molecule has 0 saturated heterocycles. The molecule has 2 aromatic carbocycles. The van der Waals surface area contributed by atoms with Crippen molar-refractivity contribution < 1.29 is 4.79 Å². The van der Waals surface area contributed by atoms with E-state index in [2.05, 4.69) is 18.2 Å². The van der Waals surface area contributed by atoms with E-state index in [9.17, 15) is 4.79 Å². The molecular formula is C18H19NO. The molecule has 0 aromatic heterocycles. The number of ketones is 1. The van der Waals surface area contributed by atoms with Crippen molar-refractivity contribution in [2.24, 2.45) is 0 Å². The lowest BCUT2D eigenvalue weighted by atomic mass is 9.82. The average Bonchev–Trinajstić information content (AvgIpc) is 2.48. The van der Waals surface area contributed by atoms with Gasteiger partial charge in [-0.15, -0.1) is 0 Å². The second kappa shape index (κ2) is 5.49. The summed E-state index contributed by atoms with van der Waals surface area (Å²) in [7, 11) is 0. The van der Waals surface area contributed by atoms with Gasteiger partial charge in [0.05, 0.1) is 0 Å². The predicted octanol–water partition coefficient (Wildman–Crippen LogP) is 4.16. The molecule has 0 bridgehead atoms. The van der Waals surface area contributed by atoms with Gasteiger partial charge in [0.2, 0.25) is 0 Å². The number of anilines is 1. The number of rotatable bonds is 2. The summed E-state index contributed by atoms with van der Waals surface area (Å²) in [6, 6.07) is 16.2. The van der Waals surface area contributed by atoms with Crippen LogP contribution in [-0.2, 0) is 4.79 Å². The predicted molar refractivity (Wildman–Crippen MR) is 82.5 cm³/mol. The fraction of sp³-hybridized carbons (Fsp3) is 0.278. The molecule has 1 fully saturated rings. The third-order valence-electron chi connectivity index (χ3n) is 4.12. The van der Waals surface area contributed by atoms with Gasteiger partial charge in [0.1, 0.15) is 5.78 Å².